The molecular weight excluding hydrogens is 438 g/mol. The van der Waals surface area contributed by atoms with Gasteiger partial charge in [-0.25, -0.2) is 19.2 Å². The molecule has 2 aromatic heterocycles. The number of carbonyl (C=O) groups is 2. The molecule has 0 unspecified atom stereocenters. The number of nitrogens with one attached hydrogen (secondary N) is 1. The van der Waals surface area contributed by atoms with Crippen molar-refractivity contribution in [2.45, 2.75) is 31.3 Å². The van der Waals surface area contributed by atoms with E-state index in [-0.39, 0.29) is 24.0 Å². The fourth-order valence-corrected chi connectivity index (χ4v) is 3.39. The zero-order valence-electron chi connectivity index (χ0n) is 16.5. The van der Waals surface area contributed by atoms with Gasteiger partial charge < -0.3 is 20.1 Å². The number of anilines is 1. The van der Waals surface area contributed by atoms with Crippen molar-refractivity contribution < 1.29 is 37.0 Å². The lowest BCUT2D eigenvalue weighted by Crippen LogP contribution is -2.46. The lowest BCUT2D eigenvalue weighted by Gasteiger charge is -2.32. The van der Waals surface area contributed by atoms with Crippen molar-refractivity contribution in [2.75, 3.05) is 18.0 Å². The van der Waals surface area contributed by atoms with Crippen LogP contribution in [0.4, 0.5) is 23.5 Å². The zero-order chi connectivity index (χ0) is 23.3. The normalized spacial score (nSPS) is 22.0. The topological polar surface area (TPSA) is 118 Å². The van der Waals surface area contributed by atoms with Gasteiger partial charge in [-0.15, -0.1) is 0 Å². The van der Waals surface area contributed by atoms with Crippen molar-refractivity contribution in [3.63, 3.8) is 0 Å². The van der Waals surface area contributed by atoms with Crippen LogP contribution in [0.5, 0.6) is 0 Å². The summed E-state index contributed by atoms with van der Waals surface area (Å²) in [6, 6.07) is 3.76. The molecule has 2 aromatic rings. The second-order valence-corrected chi connectivity index (χ2v) is 7.13. The van der Waals surface area contributed by atoms with Crippen LogP contribution in [0, 0.1) is 11.7 Å². The Morgan fingerprint density at radius 2 is 1.91 bits per heavy atom. The number of hydrogen-bond acceptors (Lipinski definition) is 7. The highest BCUT2D eigenvalue weighted by Crippen LogP contribution is 2.33. The summed E-state index contributed by atoms with van der Waals surface area (Å²) in [5.74, 6) is -2.97. The highest BCUT2D eigenvalue weighted by Gasteiger charge is 2.45. The third kappa shape index (κ3) is 6.09. The number of ether oxygens (including phenoxy) is 1. The average molecular weight is 457 g/mol. The molecule has 4 rings (SSSR count). The number of alkyl halides is 3. The van der Waals surface area contributed by atoms with Gasteiger partial charge in [0, 0.05) is 32.0 Å². The maximum atomic E-state index is 13.0. The molecule has 2 aliphatic rings. The highest BCUT2D eigenvalue weighted by molar-refractivity contribution is 5.79. The first-order chi connectivity index (χ1) is 15.1. The lowest BCUT2D eigenvalue weighted by atomic mass is 9.99. The summed E-state index contributed by atoms with van der Waals surface area (Å²) in [4.78, 5) is 35.5. The highest BCUT2D eigenvalue weighted by atomic mass is 19.4. The molecule has 32 heavy (non-hydrogen) atoms. The van der Waals surface area contributed by atoms with E-state index >= 15 is 0 Å². The van der Waals surface area contributed by atoms with E-state index in [1.54, 1.807) is 12.4 Å². The first-order valence-electron chi connectivity index (χ1n) is 9.48. The molecule has 2 aliphatic heterocycles. The summed E-state index contributed by atoms with van der Waals surface area (Å²) in [5.41, 5.74) is 0.957. The van der Waals surface area contributed by atoms with Gasteiger partial charge >= 0.3 is 12.1 Å². The predicted octanol–water partition coefficient (Wildman–Crippen LogP) is 1.55. The van der Waals surface area contributed by atoms with Crippen molar-refractivity contribution in [3.05, 3.63) is 48.3 Å². The Morgan fingerprint density at radius 1 is 1.22 bits per heavy atom. The number of halogens is 4. The Balaban J connectivity index is 0.000000360. The van der Waals surface area contributed by atoms with E-state index in [4.69, 9.17) is 14.6 Å². The lowest BCUT2D eigenvalue weighted by molar-refractivity contribution is -0.192. The van der Waals surface area contributed by atoms with Crippen LogP contribution in [0.15, 0.2) is 36.9 Å². The first kappa shape index (κ1) is 23.3. The second kappa shape index (κ2) is 9.85. The SMILES string of the molecule is O=C(NCc1cccnc1)[C@H]1C[C@@H]2CN(c3ncc(F)cn3)C[C@H]1O2.O=C(O)C(F)(F)F. The van der Waals surface area contributed by atoms with E-state index in [0.717, 1.165) is 18.0 Å². The van der Waals surface area contributed by atoms with Crippen LogP contribution in [0.3, 0.4) is 0 Å². The van der Waals surface area contributed by atoms with Crippen LogP contribution in [0.1, 0.15) is 12.0 Å². The average Bonchev–Trinajstić information content (AvgIpc) is 3.06. The molecule has 9 nitrogen and oxygen atoms in total. The summed E-state index contributed by atoms with van der Waals surface area (Å²) >= 11 is 0. The van der Waals surface area contributed by atoms with E-state index in [1.165, 1.54) is 0 Å². The Hall–Kier alpha value is -3.35. The van der Waals surface area contributed by atoms with Gasteiger partial charge in [-0.3, -0.25) is 9.78 Å². The molecule has 1 amide bonds. The largest absolute Gasteiger partial charge is 0.490 e. The van der Waals surface area contributed by atoms with Gasteiger partial charge in [-0.1, -0.05) is 6.07 Å². The maximum absolute atomic E-state index is 13.0. The molecule has 172 valence electrons. The molecule has 0 spiro atoms. The van der Waals surface area contributed by atoms with E-state index in [2.05, 4.69) is 20.3 Å². The van der Waals surface area contributed by atoms with Gasteiger partial charge in [0.25, 0.3) is 0 Å². The number of fused-ring (bicyclic) bond motifs is 2. The Labute approximate surface area is 179 Å². The summed E-state index contributed by atoms with van der Waals surface area (Å²) in [6.07, 6.45) is 1.07. The summed E-state index contributed by atoms with van der Waals surface area (Å²) < 4.78 is 50.6. The van der Waals surface area contributed by atoms with Gasteiger partial charge in [-0.05, 0) is 18.1 Å². The molecule has 2 saturated heterocycles. The third-order valence-corrected chi connectivity index (χ3v) is 4.82. The van der Waals surface area contributed by atoms with Crippen molar-refractivity contribution in [2.24, 2.45) is 5.92 Å². The van der Waals surface area contributed by atoms with Crippen molar-refractivity contribution in [3.8, 4) is 0 Å². The van der Waals surface area contributed by atoms with Gasteiger partial charge in [0.15, 0.2) is 5.82 Å². The number of carboxylic acids is 1. The van der Waals surface area contributed by atoms with Crippen molar-refractivity contribution in [1.29, 1.82) is 0 Å². The van der Waals surface area contributed by atoms with Crippen LogP contribution in [-0.4, -0.2) is 63.4 Å². The molecule has 13 heteroatoms. The molecule has 3 atom stereocenters. The summed E-state index contributed by atoms with van der Waals surface area (Å²) in [5, 5.41) is 10.1. The minimum atomic E-state index is -5.08. The van der Waals surface area contributed by atoms with Crippen molar-refractivity contribution >= 4 is 17.8 Å². The third-order valence-electron chi connectivity index (χ3n) is 4.82. The molecule has 0 aliphatic carbocycles. The molecule has 0 radical (unpaired) electrons. The second-order valence-electron chi connectivity index (χ2n) is 7.13. The van der Waals surface area contributed by atoms with Crippen LogP contribution < -0.4 is 10.2 Å². The molecule has 2 N–H and O–H groups in total. The Morgan fingerprint density at radius 3 is 2.50 bits per heavy atom. The summed E-state index contributed by atoms with van der Waals surface area (Å²) in [6.45, 7) is 1.58. The Kier molecular flexibility index (Phi) is 7.18. The molecule has 2 bridgehead atoms. The molecule has 2 fully saturated rings. The number of carboxylic acid groups (broad SMARTS) is 1. The van der Waals surface area contributed by atoms with Gasteiger partial charge in [0.1, 0.15) is 0 Å². The maximum Gasteiger partial charge on any atom is 0.490 e. The van der Waals surface area contributed by atoms with E-state index < -0.39 is 18.0 Å². The van der Waals surface area contributed by atoms with Crippen molar-refractivity contribution in [1.82, 2.24) is 20.3 Å². The Bertz CT molecular complexity index is 930. The minimum Gasteiger partial charge on any atom is -0.475 e. The molecule has 0 saturated carbocycles. The fraction of sp³-hybridized carbons (Fsp3) is 0.421. The van der Waals surface area contributed by atoms with Gasteiger partial charge in [-0.2, -0.15) is 13.2 Å². The number of nitrogens with zero attached hydrogens (tertiary/aromatic N) is 4. The van der Waals surface area contributed by atoms with Crippen LogP contribution in [0.2, 0.25) is 0 Å². The van der Waals surface area contributed by atoms with Crippen LogP contribution in [-0.2, 0) is 20.9 Å². The van der Waals surface area contributed by atoms with E-state index in [0.29, 0.717) is 32.0 Å². The van der Waals surface area contributed by atoms with E-state index in [1.807, 2.05) is 17.0 Å². The standard InChI is InChI=1S/C17H18FN5O2.C2HF3O2/c18-12-7-21-17(22-8-12)23-9-13-4-14(15(10-23)25-13)16(24)20-6-11-2-1-3-19-5-11;3-2(4,5)1(6)7/h1-3,5,7-8,13-15H,4,6,9-10H2,(H,20,24);(H,6,7)/t13-,14+,15-;/m1./s1. The molecule has 4 heterocycles. The van der Waals surface area contributed by atoms with Gasteiger partial charge in [0.2, 0.25) is 11.9 Å². The smallest absolute Gasteiger partial charge is 0.475 e. The van der Waals surface area contributed by atoms with Crippen LogP contribution in [0.25, 0.3) is 0 Å². The number of morpholine rings is 1. The van der Waals surface area contributed by atoms with Crippen LogP contribution >= 0.6 is 0 Å². The molecule has 0 aromatic carbocycles. The first-order valence-corrected chi connectivity index (χ1v) is 9.48. The summed E-state index contributed by atoms with van der Waals surface area (Å²) in [7, 11) is 0. The fourth-order valence-electron chi connectivity index (χ4n) is 3.39. The number of hydrogen-bond donors (Lipinski definition) is 2. The number of aromatic nitrogens is 3. The monoisotopic (exact) mass is 457 g/mol. The zero-order valence-corrected chi connectivity index (χ0v) is 16.5. The molecular formula is C19H19F4N5O4. The number of amides is 1. The number of aliphatic carboxylic acids is 1. The minimum absolute atomic E-state index is 0.0155. The number of pyridine rings is 1. The predicted molar refractivity (Wildman–Crippen MR) is 101 cm³/mol. The van der Waals surface area contributed by atoms with Gasteiger partial charge in [0.05, 0.1) is 30.5 Å². The van der Waals surface area contributed by atoms with E-state index in [9.17, 15) is 22.4 Å². The number of rotatable bonds is 4. The number of carbonyl (C=O) groups excluding carboxylic acids is 1. The quantitative estimate of drug-likeness (QED) is 0.665.